The summed E-state index contributed by atoms with van der Waals surface area (Å²) in [6, 6.07) is 0.736. The normalized spacial score (nSPS) is 24.7. The van der Waals surface area contributed by atoms with E-state index in [1.807, 2.05) is 4.90 Å². The van der Waals surface area contributed by atoms with Crippen LogP contribution in [0.25, 0.3) is 0 Å². The van der Waals surface area contributed by atoms with Gasteiger partial charge in [-0.1, -0.05) is 26.2 Å². The van der Waals surface area contributed by atoms with Crippen LogP contribution in [0, 0.1) is 0 Å². The van der Waals surface area contributed by atoms with Crippen LogP contribution in [-0.4, -0.2) is 66.0 Å². The summed E-state index contributed by atoms with van der Waals surface area (Å²) in [4.78, 5) is 18.9. The van der Waals surface area contributed by atoms with Gasteiger partial charge in [0.25, 0.3) is 0 Å². The zero-order valence-corrected chi connectivity index (χ0v) is 12.6. The summed E-state index contributed by atoms with van der Waals surface area (Å²) in [5.74, 6) is 0. The molecule has 2 aliphatic rings. The van der Waals surface area contributed by atoms with Crippen molar-refractivity contribution in [2.75, 3.05) is 39.3 Å². The molecule has 2 fully saturated rings. The summed E-state index contributed by atoms with van der Waals surface area (Å²) < 4.78 is 0. The van der Waals surface area contributed by atoms with E-state index in [9.17, 15) is 4.79 Å². The lowest BCUT2D eigenvalue weighted by atomic mass is 10.1. The van der Waals surface area contributed by atoms with Crippen LogP contribution in [0.4, 0.5) is 4.79 Å². The fraction of sp³-hybridized carbons (Fsp3) is 0.933. The van der Waals surface area contributed by atoms with Crippen molar-refractivity contribution in [1.29, 1.82) is 0 Å². The number of unbranched alkanes of at least 4 members (excludes halogenated alkanes) is 3. The maximum Gasteiger partial charge on any atom is 0.320 e. The Balaban J connectivity index is 1.76. The third kappa shape index (κ3) is 3.62. The quantitative estimate of drug-likeness (QED) is 0.691. The number of carbonyl (C=O) groups excluding carboxylic acids is 1. The first-order valence-corrected chi connectivity index (χ1v) is 8.04. The number of fused-ring (bicyclic) bond motifs is 1. The second-order valence-corrected chi connectivity index (χ2v) is 5.86. The van der Waals surface area contributed by atoms with Gasteiger partial charge in [-0.05, 0) is 26.3 Å². The SMILES string of the molecule is CCCCCCN1CCN2C(=O)N(CC)CC[C@H]2C1. The van der Waals surface area contributed by atoms with Crippen LogP contribution in [0.2, 0.25) is 0 Å². The van der Waals surface area contributed by atoms with Gasteiger partial charge in [-0.25, -0.2) is 4.79 Å². The first-order chi connectivity index (χ1) is 9.26. The Bertz CT molecular complexity index is 295. The second kappa shape index (κ2) is 7.13. The molecule has 0 bridgehead atoms. The molecule has 0 aliphatic carbocycles. The van der Waals surface area contributed by atoms with E-state index in [0.717, 1.165) is 39.1 Å². The molecule has 0 aromatic heterocycles. The lowest BCUT2D eigenvalue weighted by Gasteiger charge is -2.47. The number of amides is 2. The molecule has 19 heavy (non-hydrogen) atoms. The Morgan fingerprint density at radius 1 is 1.11 bits per heavy atom. The van der Waals surface area contributed by atoms with E-state index in [2.05, 4.69) is 23.6 Å². The van der Waals surface area contributed by atoms with E-state index in [4.69, 9.17) is 0 Å². The Hall–Kier alpha value is -0.770. The Kier molecular flexibility index (Phi) is 5.49. The topological polar surface area (TPSA) is 26.8 Å². The molecule has 2 saturated heterocycles. The number of rotatable bonds is 6. The highest BCUT2D eigenvalue weighted by Crippen LogP contribution is 2.20. The molecular formula is C15H29N3O. The van der Waals surface area contributed by atoms with Crippen molar-refractivity contribution in [3.63, 3.8) is 0 Å². The van der Waals surface area contributed by atoms with Gasteiger partial charge in [0.1, 0.15) is 0 Å². The van der Waals surface area contributed by atoms with Crippen molar-refractivity contribution in [3.05, 3.63) is 0 Å². The molecule has 110 valence electrons. The van der Waals surface area contributed by atoms with Crippen LogP contribution < -0.4 is 0 Å². The molecule has 4 heteroatoms. The van der Waals surface area contributed by atoms with E-state index in [0.29, 0.717) is 6.04 Å². The maximum absolute atomic E-state index is 12.2. The lowest BCUT2D eigenvalue weighted by molar-refractivity contribution is 0.0450. The van der Waals surface area contributed by atoms with Crippen molar-refractivity contribution in [2.45, 2.75) is 52.0 Å². The summed E-state index contributed by atoms with van der Waals surface area (Å²) >= 11 is 0. The van der Waals surface area contributed by atoms with Gasteiger partial charge < -0.3 is 9.80 Å². The molecule has 0 radical (unpaired) electrons. The van der Waals surface area contributed by atoms with Crippen molar-refractivity contribution in [2.24, 2.45) is 0 Å². The van der Waals surface area contributed by atoms with Crippen LogP contribution >= 0.6 is 0 Å². The molecule has 0 unspecified atom stereocenters. The van der Waals surface area contributed by atoms with Crippen LogP contribution in [0.1, 0.15) is 46.0 Å². The van der Waals surface area contributed by atoms with E-state index in [-0.39, 0.29) is 6.03 Å². The fourth-order valence-corrected chi connectivity index (χ4v) is 3.26. The molecule has 0 saturated carbocycles. The summed E-state index contributed by atoms with van der Waals surface area (Å²) in [6.45, 7) is 10.4. The predicted molar refractivity (Wildman–Crippen MR) is 78.3 cm³/mol. The summed E-state index contributed by atoms with van der Waals surface area (Å²) in [5, 5.41) is 0. The van der Waals surface area contributed by atoms with Crippen molar-refractivity contribution >= 4 is 6.03 Å². The molecule has 2 aliphatic heterocycles. The highest BCUT2D eigenvalue weighted by Gasteiger charge is 2.35. The minimum Gasteiger partial charge on any atom is -0.325 e. The molecule has 2 amide bonds. The minimum atomic E-state index is 0.268. The number of hydrogen-bond donors (Lipinski definition) is 0. The fourth-order valence-electron chi connectivity index (χ4n) is 3.26. The second-order valence-electron chi connectivity index (χ2n) is 5.86. The number of carbonyl (C=O) groups is 1. The Labute approximate surface area is 117 Å². The van der Waals surface area contributed by atoms with E-state index in [1.54, 1.807) is 0 Å². The molecule has 1 atom stereocenters. The molecule has 2 rings (SSSR count). The number of piperazine rings is 1. The highest BCUT2D eigenvalue weighted by molar-refractivity contribution is 5.75. The number of urea groups is 1. The van der Waals surface area contributed by atoms with Crippen LogP contribution in [0.15, 0.2) is 0 Å². The van der Waals surface area contributed by atoms with Crippen molar-refractivity contribution in [3.8, 4) is 0 Å². The standard InChI is InChI=1S/C15H29N3O/c1-3-5-6-7-9-16-11-12-18-14(13-16)8-10-17(4-2)15(18)19/h14H,3-13H2,1-2H3/t14-/m0/s1. The van der Waals surface area contributed by atoms with Gasteiger partial charge in [0.05, 0.1) is 0 Å². The monoisotopic (exact) mass is 267 g/mol. The smallest absolute Gasteiger partial charge is 0.320 e. The van der Waals surface area contributed by atoms with E-state index >= 15 is 0 Å². The lowest BCUT2D eigenvalue weighted by Crippen LogP contribution is -2.62. The Morgan fingerprint density at radius 3 is 2.68 bits per heavy atom. The van der Waals surface area contributed by atoms with Gasteiger partial charge in [0.15, 0.2) is 0 Å². The first-order valence-electron chi connectivity index (χ1n) is 8.04. The summed E-state index contributed by atoms with van der Waals surface area (Å²) in [5.41, 5.74) is 0. The Morgan fingerprint density at radius 2 is 1.95 bits per heavy atom. The van der Waals surface area contributed by atoms with Gasteiger partial charge in [-0.3, -0.25) is 4.90 Å². The molecule has 0 spiro atoms. The number of hydrogen-bond acceptors (Lipinski definition) is 2. The summed E-state index contributed by atoms with van der Waals surface area (Å²) in [7, 11) is 0. The molecule has 0 N–H and O–H groups in total. The van der Waals surface area contributed by atoms with Gasteiger partial charge >= 0.3 is 6.03 Å². The van der Waals surface area contributed by atoms with Gasteiger partial charge in [0.2, 0.25) is 0 Å². The molecule has 2 heterocycles. The molecule has 0 aromatic rings. The molecule has 4 nitrogen and oxygen atoms in total. The van der Waals surface area contributed by atoms with Crippen molar-refractivity contribution in [1.82, 2.24) is 14.7 Å². The predicted octanol–water partition coefficient (Wildman–Crippen LogP) is 2.40. The third-order valence-corrected chi connectivity index (χ3v) is 4.52. The maximum atomic E-state index is 12.2. The molecule has 0 aromatic carbocycles. The average molecular weight is 267 g/mol. The van der Waals surface area contributed by atoms with E-state index in [1.165, 1.54) is 32.2 Å². The summed E-state index contributed by atoms with van der Waals surface area (Å²) in [6.07, 6.45) is 6.47. The van der Waals surface area contributed by atoms with Crippen molar-refractivity contribution < 1.29 is 4.79 Å². The third-order valence-electron chi connectivity index (χ3n) is 4.52. The largest absolute Gasteiger partial charge is 0.325 e. The van der Waals surface area contributed by atoms with E-state index < -0.39 is 0 Å². The zero-order valence-electron chi connectivity index (χ0n) is 12.6. The van der Waals surface area contributed by atoms with Crippen LogP contribution in [0.5, 0.6) is 0 Å². The number of nitrogens with zero attached hydrogens (tertiary/aromatic N) is 3. The molecular weight excluding hydrogens is 238 g/mol. The van der Waals surface area contributed by atoms with Crippen LogP contribution in [0.3, 0.4) is 0 Å². The minimum absolute atomic E-state index is 0.268. The van der Waals surface area contributed by atoms with Gasteiger partial charge in [-0.2, -0.15) is 0 Å². The van der Waals surface area contributed by atoms with Crippen LogP contribution in [-0.2, 0) is 0 Å². The van der Waals surface area contributed by atoms with Gasteiger partial charge in [-0.15, -0.1) is 0 Å². The average Bonchev–Trinajstić information content (AvgIpc) is 2.44. The first kappa shape index (κ1) is 14.6. The highest BCUT2D eigenvalue weighted by atomic mass is 16.2. The van der Waals surface area contributed by atoms with Gasteiger partial charge in [0, 0.05) is 38.8 Å². The zero-order chi connectivity index (χ0) is 13.7.